The lowest BCUT2D eigenvalue weighted by atomic mass is 10.1. The molecule has 1 aliphatic rings. The largest absolute Gasteiger partial charge is 0.462 e. The molecule has 1 aromatic heterocycles. The van der Waals surface area contributed by atoms with Crippen molar-refractivity contribution in [2.45, 2.75) is 26.2 Å². The summed E-state index contributed by atoms with van der Waals surface area (Å²) >= 11 is 1.67. The van der Waals surface area contributed by atoms with Gasteiger partial charge in [-0.3, -0.25) is 0 Å². The van der Waals surface area contributed by atoms with Crippen LogP contribution in [0.5, 0.6) is 0 Å². The summed E-state index contributed by atoms with van der Waals surface area (Å²) in [7, 11) is -2.43. The molecule has 5 rings (SSSR count). The van der Waals surface area contributed by atoms with Gasteiger partial charge in [-0.2, -0.15) is 0 Å². The summed E-state index contributed by atoms with van der Waals surface area (Å²) in [6, 6.07) is 31.6. The molecule has 0 N–H and O–H groups in total. The molecule has 0 radical (unpaired) electrons. The summed E-state index contributed by atoms with van der Waals surface area (Å²) in [5, 5.41) is 4.32. The van der Waals surface area contributed by atoms with Crippen LogP contribution in [0.2, 0.25) is 0 Å². The number of hydrogen-bond donors (Lipinski definition) is 0. The molecule has 0 aliphatic heterocycles. The molecule has 0 atom stereocenters. The Morgan fingerprint density at radius 3 is 1.85 bits per heavy atom. The number of hydrogen-bond acceptors (Lipinski definition) is 4. The van der Waals surface area contributed by atoms with E-state index in [0.29, 0.717) is 12.2 Å². The van der Waals surface area contributed by atoms with Gasteiger partial charge in [-0.25, -0.2) is 9.54 Å². The van der Waals surface area contributed by atoms with Crippen LogP contribution in [-0.4, -0.2) is 12.6 Å². The van der Waals surface area contributed by atoms with Crippen LogP contribution in [0.4, 0.5) is 5.00 Å². The number of benzene rings is 3. The molecule has 0 amide bonds. The van der Waals surface area contributed by atoms with Crippen LogP contribution >= 0.6 is 18.4 Å². The summed E-state index contributed by atoms with van der Waals surface area (Å²) < 4.78 is 11.1. The zero-order valence-electron chi connectivity index (χ0n) is 18.6. The topological polar surface area (TPSA) is 38.7 Å². The van der Waals surface area contributed by atoms with Crippen molar-refractivity contribution in [1.29, 1.82) is 0 Å². The Kier molecular flexibility index (Phi) is 6.30. The lowest BCUT2D eigenvalue weighted by Crippen LogP contribution is -2.25. The number of carbonyl (C=O) groups is 1. The van der Waals surface area contributed by atoms with E-state index in [-0.39, 0.29) is 5.97 Å². The Bertz CT molecular complexity index is 1210. The smallest absolute Gasteiger partial charge is 0.341 e. The van der Waals surface area contributed by atoms with Crippen molar-refractivity contribution in [2.75, 3.05) is 6.61 Å². The van der Waals surface area contributed by atoms with Gasteiger partial charge in [-0.15, -0.1) is 11.3 Å². The number of nitrogens with zero attached hydrogens (tertiary/aromatic N) is 1. The first-order chi connectivity index (χ1) is 16.2. The molecular weight excluding hydrogens is 445 g/mol. The van der Waals surface area contributed by atoms with Crippen molar-refractivity contribution < 1.29 is 9.53 Å². The molecule has 0 spiro atoms. The van der Waals surface area contributed by atoms with Crippen LogP contribution in [-0.2, 0) is 17.6 Å². The highest BCUT2D eigenvalue weighted by Gasteiger charge is 2.32. The third kappa shape index (κ3) is 3.99. The lowest BCUT2D eigenvalue weighted by molar-refractivity contribution is 0.0527. The van der Waals surface area contributed by atoms with Gasteiger partial charge in [0.15, 0.2) is 0 Å². The minimum absolute atomic E-state index is 0.247. The Labute approximate surface area is 199 Å². The van der Waals surface area contributed by atoms with Crippen LogP contribution in [0.25, 0.3) is 0 Å². The van der Waals surface area contributed by atoms with Crippen LogP contribution in [0.3, 0.4) is 0 Å². The Morgan fingerprint density at radius 1 is 0.848 bits per heavy atom. The molecule has 1 heterocycles. The van der Waals surface area contributed by atoms with Crippen molar-refractivity contribution in [3.8, 4) is 0 Å². The van der Waals surface area contributed by atoms with Gasteiger partial charge in [0.25, 0.3) is 0 Å². The van der Waals surface area contributed by atoms with Crippen LogP contribution in [0.15, 0.2) is 95.7 Å². The molecule has 33 heavy (non-hydrogen) atoms. The van der Waals surface area contributed by atoms with E-state index < -0.39 is 7.05 Å². The first-order valence-corrected chi connectivity index (χ1v) is 13.9. The Hall–Kier alpha value is -2.94. The normalized spacial score (nSPS) is 12.9. The van der Waals surface area contributed by atoms with E-state index in [0.717, 1.165) is 29.8 Å². The molecule has 166 valence electrons. The highest BCUT2D eigenvalue weighted by Crippen LogP contribution is 2.53. The molecule has 0 fully saturated rings. The van der Waals surface area contributed by atoms with Gasteiger partial charge in [0.05, 0.1) is 19.2 Å². The molecule has 1 aliphatic carbocycles. The van der Waals surface area contributed by atoms with Crippen molar-refractivity contribution in [1.82, 2.24) is 0 Å². The number of esters is 1. The maximum atomic E-state index is 13.1. The first-order valence-electron chi connectivity index (χ1n) is 11.3. The van der Waals surface area contributed by atoms with E-state index >= 15 is 0 Å². The van der Waals surface area contributed by atoms with Crippen LogP contribution in [0.1, 0.15) is 34.1 Å². The fourth-order valence-electron chi connectivity index (χ4n) is 4.56. The Balaban J connectivity index is 1.88. The molecule has 4 aromatic rings. The summed E-state index contributed by atoms with van der Waals surface area (Å²) in [4.78, 5) is 14.4. The number of thiophene rings is 1. The number of carbonyl (C=O) groups excluding carboxylic acids is 1. The predicted octanol–water partition coefficient (Wildman–Crippen LogP) is 6.22. The maximum Gasteiger partial charge on any atom is 0.341 e. The van der Waals surface area contributed by atoms with Crippen LogP contribution in [0, 0.1) is 0 Å². The molecule has 5 heteroatoms. The quantitative estimate of drug-likeness (QED) is 0.247. The third-order valence-corrected chi connectivity index (χ3v) is 11.0. The molecule has 0 unspecified atom stereocenters. The summed E-state index contributed by atoms with van der Waals surface area (Å²) in [6.45, 7) is 2.22. The molecule has 0 bridgehead atoms. The SMILES string of the molecule is CCOC(=O)c1c(N=P(c2ccccc2)(c2ccccc2)c2ccccc2)sc2c1CCC2. The van der Waals surface area contributed by atoms with Gasteiger partial charge in [0.1, 0.15) is 5.00 Å². The average molecular weight is 472 g/mol. The summed E-state index contributed by atoms with van der Waals surface area (Å²) in [6.07, 6.45) is 3.02. The highest BCUT2D eigenvalue weighted by atomic mass is 32.1. The van der Waals surface area contributed by atoms with E-state index in [4.69, 9.17) is 9.48 Å². The second-order valence-electron chi connectivity index (χ2n) is 8.00. The van der Waals surface area contributed by atoms with E-state index in [9.17, 15) is 4.79 Å². The zero-order chi connectivity index (χ0) is 22.7. The van der Waals surface area contributed by atoms with Crippen molar-refractivity contribution in [3.63, 3.8) is 0 Å². The minimum Gasteiger partial charge on any atom is -0.462 e. The van der Waals surface area contributed by atoms with E-state index in [1.165, 1.54) is 20.8 Å². The molecule has 3 aromatic carbocycles. The minimum atomic E-state index is -2.43. The van der Waals surface area contributed by atoms with Crippen molar-refractivity contribution >= 4 is 45.3 Å². The fraction of sp³-hybridized carbons (Fsp3) is 0.179. The van der Waals surface area contributed by atoms with Gasteiger partial charge in [0.2, 0.25) is 0 Å². The number of ether oxygens (including phenoxy) is 1. The summed E-state index contributed by atoms with van der Waals surface area (Å²) in [5.74, 6) is -0.247. The highest BCUT2D eigenvalue weighted by molar-refractivity contribution is 7.87. The number of aryl methyl sites for hydroxylation is 1. The van der Waals surface area contributed by atoms with Gasteiger partial charge < -0.3 is 4.74 Å². The zero-order valence-corrected chi connectivity index (χ0v) is 20.3. The molecule has 3 nitrogen and oxygen atoms in total. The Morgan fingerprint density at radius 2 is 1.36 bits per heavy atom. The fourth-order valence-corrected chi connectivity index (χ4v) is 9.63. The van der Waals surface area contributed by atoms with E-state index in [1.807, 2.05) is 25.1 Å². The van der Waals surface area contributed by atoms with Gasteiger partial charge in [0, 0.05) is 20.8 Å². The summed E-state index contributed by atoms with van der Waals surface area (Å²) in [5.41, 5.74) is 1.83. The van der Waals surface area contributed by atoms with Gasteiger partial charge in [-0.05, 0) is 31.7 Å². The van der Waals surface area contributed by atoms with Crippen molar-refractivity contribution in [2.24, 2.45) is 4.74 Å². The second-order valence-corrected chi connectivity index (χ2v) is 12.1. The predicted molar refractivity (Wildman–Crippen MR) is 140 cm³/mol. The molecular formula is C28H26NO2PS. The second kappa shape index (κ2) is 9.51. The standard InChI is InChI=1S/C28H26NO2PS/c1-2-31-28(30)26-24-19-12-20-25(24)33-27(26)29-32(21-13-6-3-7-14-21,22-15-8-4-9-16-22)23-17-10-5-11-18-23/h3-11,13-18H,2,12,19-20H2,1H3. The lowest BCUT2D eigenvalue weighted by Gasteiger charge is -2.26. The van der Waals surface area contributed by atoms with E-state index in [2.05, 4.69) is 72.8 Å². The number of rotatable bonds is 6. The molecule has 0 saturated heterocycles. The van der Waals surface area contributed by atoms with E-state index in [1.54, 1.807) is 11.3 Å². The third-order valence-electron chi connectivity index (χ3n) is 6.01. The van der Waals surface area contributed by atoms with Crippen LogP contribution < -0.4 is 15.9 Å². The maximum absolute atomic E-state index is 13.1. The van der Waals surface area contributed by atoms with Gasteiger partial charge in [-0.1, -0.05) is 91.0 Å². The molecule has 0 saturated carbocycles. The average Bonchev–Trinajstić information content (AvgIpc) is 3.45. The van der Waals surface area contributed by atoms with Gasteiger partial charge >= 0.3 is 5.97 Å². The first kappa shape index (κ1) is 21.9. The monoisotopic (exact) mass is 471 g/mol. The van der Waals surface area contributed by atoms with Crippen molar-refractivity contribution in [3.05, 3.63) is 107 Å². The number of fused-ring (bicyclic) bond motifs is 1.